The smallest absolute Gasteiger partial charge is 0.0754 e. The van der Waals surface area contributed by atoms with Crippen LogP contribution in [0.15, 0.2) is 42.6 Å². The molecule has 0 amide bonds. The molecule has 1 unspecified atom stereocenters. The molecule has 1 atom stereocenters. The molecular formula is C19H26N2. The van der Waals surface area contributed by atoms with Gasteiger partial charge < -0.3 is 5.32 Å². The summed E-state index contributed by atoms with van der Waals surface area (Å²) in [6.45, 7) is 7.56. The van der Waals surface area contributed by atoms with E-state index >= 15 is 0 Å². The first-order valence-electron chi connectivity index (χ1n) is 8.00. The van der Waals surface area contributed by atoms with Crippen molar-refractivity contribution in [1.29, 1.82) is 0 Å². The molecule has 0 fully saturated rings. The number of aryl methyl sites for hydroxylation is 2. The Morgan fingerprint density at radius 1 is 1.10 bits per heavy atom. The summed E-state index contributed by atoms with van der Waals surface area (Å²) in [7, 11) is 0. The van der Waals surface area contributed by atoms with Gasteiger partial charge in [-0.05, 0) is 49.1 Å². The van der Waals surface area contributed by atoms with Gasteiger partial charge in [0.05, 0.1) is 11.7 Å². The number of hydrogen-bond acceptors (Lipinski definition) is 2. The highest BCUT2D eigenvalue weighted by molar-refractivity contribution is 5.34. The normalized spacial score (nSPS) is 12.3. The van der Waals surface area contributed by atoms with Gasteiger partial charge >= 0.3 is 0 Å². The summed E-state index contributed by atoms with van der Waals surface area (Å²) in [5.74, 6) is 0. The lowest BCUT2D eigenvalue weighted by atomic mass is 9.97. The van der Waals surface area contributed by atoms with Crippen molar-refractivity contribution in [1.82, 2.24) is 10.3 Å². The number of rotatable bonds is 7. The van der Waals surface area contributed by atoms with Crippen molar-refractivity contribution in [2.45, 2.75) is 46.1 Å². The van der Waals surface area contributed by atoms with E-state index in [2.05, 4.69) is 61.4 Å². The molecule has 0 spiro atoms. The second kappa shape index (κ2) is 7.94. The van der Waals surface area contributed by atoms with Crippen molar-refractivity contribution in [2.75, 3.05) is 6.54 Å². The molecule has 0 saturated heterocycles. The molecule has 2 heteroatoms. The number of aromatic nitrogens is 1. The van der Waals surface area contributed by atoms with Crippen LogP contribution in [-0.4, -0.2) is 11.5 Å². The van der Waals surface area contributed by atoms with E-state index in [0.29, 0.717) is 0 Å². The third-order valence-corrected chi connectivity index (χ3v) is 3.74. The van der Waals surface area contributed by atoms with E-state index in [1.807, 2.05) is 12.3 Å². The highest BCUT2D eigenvalue weighted by atomic mass is 14.9. The van der Waals surface area contributed by atoms with Gasteiger partial charge in [-0.2, -0.15) is 0 Å². The zero-order valence-electron chi connectivity index (χ0n) is 13.4. The van der Waals surface area contributed by atoms with Gasteiger partial charge in [-0.15, -0.1) is 0 Å². The van der Waals surface area contributed by atoms with Gasteiger partial charge in [-0.1, -0.05) is 50.6 Å². The van der Waals surface area contributed by atoms with E-state index in [1.165, 1.54) is 23.1 Å². The minimum absolute atomic E-state index is 0.183. The van der Waals surface area contributed by atoms with Crippen molar-refractivity contribution < 1.29 is 0 Å². The molecule has 0 saturated carbocycles. The number of nitrogens with one attached hydrogen (secondary N) is 1. The average molecular weight is 282 g/mol. The molecule has 1 N–H and O–H groups in total. The Bertz CT molecular complexity index is 563. The van der Waals surface area contributed by atoms with E-state index in [4.69, 9.17) is 0 Å². The van der Waals surface area contributed by atoms with Crippen LogP contribution >= 0.6 is 0 Å². The van der Waals surface area contributed by atoms with Crippen LogP contribution in [0.25, 0.3) is 0 Å². The van der Waals surface area contributed by atoms with Gasteiger partial charge in [-0.3, -0.25) is 4.98 Å². The molecule has 2 aromatic rings. The second-order valence-corrected chi connectivity index (χ2v) is 5.59. The molecule has 2 rings (SSSR count). The Morgan fingerprint density at radius 3 is 2.67 bits per heavy atom. The van der Waals surface area contributed by atoms with Crippen LogP contribution in [0.5, 0.6) is 0 Å². The Balaban J connectivity index is 2.36. The van der Waals surface area contributed by atoms with E-state index in [-0.39, 0.29) is 6.04 Å². The maximum Gasteiger partial charge on any atom is 0.0754 e. The molecule has 1 aromatic heterocycles. The van der Waals surface area contributed by atoms with Gasteiger partial charge in [-0.25, -0.2) is 0 Å². The molecule has 21 heavy (non-hydrogen) atoms. The van der Waals surface area contributed by atoms with Crippen molar-refractivity contribution in [3.63, 3.8) is 0 Å². The fourth-order valence-corrected chi connectivity index (χ4v) is 2.68. The Hall–Kier alpha value is -1.67. The number of hydrogen-bond donors (Lipinski definition) is 1. The zero-order valence-corrected chi connectivity index (χ0v) is 13.4. The van der Waals surface area contributed by atoms with Crippen LogP contribution in [0.2, 0.25) is 0 Å². The zero-order chi connectivity index (χ0) is 15.1. The van der Waals surface area contributed by atoms with Crippen LogP contribution in [0.4, 0.5) is 0 Å². The minimum atomic E-state index is 0.183. The number of nitrogens with zero attached hydrogens (tertiary/aromatic N) is 1. The highest BCUT2D eigenvalue weighted by Crippen LogP contribution is 2.24. The van der Waals surface area contributed by atoms with Crippen molar-refractivity contribution in [2.24, 2.45) is 0 Å². The summed E-state index contributed by atoms with van der Waals surface area (Å²) in [5, 5.41) is 3.65. The van der Waals surface area contributed by atoms with Crippen molar-refractivity contribution in [3.05, 3.63) is 65.0 Å². The van der Waals surface area contributed by atoms with Gasteiger partial charge in [0.15, 0.2) is 0 Å². The summed E-state index contributed by atoms with van der Waals surface area (Å²) in [6.07, 6.45) is 5.32. The number of pyridine rings is 1. The fourth-order valence-electron chi connectivity index (χ4n) is 2.68. The summed E-state index contributed by atoms with van der Waals surface area (Å²) in [5.41, 5.74) is 5.11. The lowest BCUT2D eigenvalue weighted by Crippen LogP contribution is -2.25. The molecule has 2 nitrogen and oxygen atoms in total. The van der Waals surface area contributed by atoms with Crippen molar-refractivity contribution in [3.8, 4) is 0 Å². The molecule has 1 aromatic carbocycles. The maximum atomic E-state index is 4.62. The first-order valence-corrected chi connectivity index (χ1v) is 8.00. The standard InChI is InChI=1S/C19H26N2/c1-4-8-16-10-6-11-17(14-16)19(20-12-5-2)18-15(3)9-7-13-21-18/h6-7,9-11,13-14,19-20H,4-5,8,12H2,1-3H3. The lowest BCUT2D eigenvalue weighted by Gasteiger charge is -2.21. The molecule has 0 aliphatic carbocycles. The Kier molecular flexibility index (Phi) is 5.94. The summed E-state index contributed by atoms with van der Waals surface area (Å²) in [4.78, 5) is 4.62. The highest BCUT2D eigenvalue weighted by Gasteiger charge is 2.16. The maximum absolute atomic E-state index is 4.62. The van der Waals surface area contributed by atoms with Crippen LogP contribution < -0.4 is 5.32 Å². The molecule has 0 aliphatic heterocycles. The van der Waals surface area contributed by atoms with Crippen LogP contribution in [0, 0.1) is 6.92 Å². The molecule has 0 radical (unpaired) electrons. The fraction of sp³-hybridized carbons (Fsp3) is 0.421. The van der Waals surface area contributed by atoms with Gasteiger partial charge in [0.2, 0.25) is 0 Å². The minimum Gasteiger partial charge on any atom is -0.305 e. The summed E-state index contributed by atoms with van der Waals surface area (Å²) < 4.78 is 0. The predicted molar refractivity (Wildman–Crippen MR) is 89.5 cm³/mol. The Morgan fingerprint density at radius 2 is 1.95 bits per heavy atom. The predicted octanol–water partition coefficient (Wildman–Crippen LogP) is 4.43. The van der Waals surface area contributed by atoms with E-state index < -0.39 is 0 Å². The van der Waals surface area contributed by atoms with Gasteiger partial charge in [0, 0.05) is 6.20 Å². The first kappa shape index (κ1) is 15.7. The number of benzene rings is 1. The lowest BCUT2D eigenvalue weighted by molar-refractivity contribution is 0.583. The molecule has 112 valence electrons. The second-order valence-electron chi connectivity index (χ2n) is 5.59. The topological polar surface area (TPSA) is 24.9 Å². The SMILES string of the molecule is CCCNC(c1cccc(CCC)c1)c1ncccc1C. The molecule has 1 heterocycles. The summed E-state index contributed by atoms with van der Waals surface area (Å²) >= 11 is 0. The van der Waals surface area contributed by atoms with E-state index in [9.17, 15) is 0 Å². The molecule has 0 aliphatic rings. The average Bonchev–Trinajstić information content (AvgIpc) is 2.50. The van der Waals surface area contributed by atoms with Crippen LogP contribution in [-0.2, 0) is 6.42 Å². The molecular weight excluding hydrogens is 256 g/mol. The molecule has 0 bridgehead atoms. The van der Waals surface area contributed by atoms with E-state index in [0.717, 1.165) is 25.1 Å². The van der Waals surface area contributed by atoms with Crippen LogP contribution in [0.1, 0.15) is 55.1 Å². The van der Waals surface area contributed by atoms with Gasteiger partial charge in [0.1, 0.15) is 0 Å². The monoisotopic (exact) mass is 282 g/mol. The van der Waals surface area contributed by atoms with Crippen molar-refractivity contribution >= 4 is 0 Å². The van der Waals surface area contributed by atoms with Gasteiger partial charge in [0.25, 0.3) is 0 Å². The first-order chi connectivity index (χ1) is 10.3. The summed E-state index contributed by atoms with van der Waals surface area (Å²) in [6, 6.07) is 13.2. The third-order valence-electron chi connectivity index (χ3n) is 3.74. The quantitative estimate of drug-likeness (QED) is 0.812. The largest absolute Gasteiger partial charge is 0.305 e. The Labute approximate surface area is 128 Å². The third kappa shape index (κ3) is 4.15. The van der Waals surface area contributed by atoms with Crippen LogP contribution in [0.3, 0.4) is 0 Å². The van der Waals surface area contributed by atoms with E-state index in [1.54, 1.807) is 0 Å².